The van der Waals surface area contributed by atoms with E-state index < -0.39 is 0 Å². The van der Waals surface area contributed by atoms with E-state index in [4.69, 9.17) is 4.74 Å². The van der Waals surface area contributed by atoms with Crippen molar-refractivity contribution in [3.63, 3.8) is 0 Å². The summed E-state index contributed by atoms with van der Waals surface area (Å²) in [6, 6.07) is 5.18. The second kappa shape index (κ2) is 6.84. The van der Waals surface area contributed by atoms with Crippen LogP contribution in [0, 0.1) is 0 Å². The summed E-state index contributed by atoms with van der Waals surface area (Å²) in [7, 11) is 0. The lowest BCUT2D eigenvalue weighted by atomic mass is 10.1. The van der Waals surface area contributed by atoms with Crippen molar-refractivity contribution in [2.24, 2.45) is 0 Å². The fraction of sp³-hybridized carbons (Fsp3) is 0.400. The van der Waals surface area contributed by atoms with Crippen LogP contribution in [-0.2, 0) is 11.2 Å². The lowest BCUT2D eigenvalue weighted by Gasteiger charge is -2.06. The molecule has 1 aromatic carbocycles. The smallest absolute Gasteiger partial charge is 0.407 e. The number of hydrogen-bond donors (Lipinski definition) is 3. The minimum absolute atomic E-state index is 0.233. The molecule has 0 saturated heterocycles. The van der Waals surface area contributed by atoms with Gasteiger partial charge in [0.2, 0.25) is 0 Å². The summed E-state index contributed by atoms with van der Waals surface area (Å²) in [5.41, 5.74) is 1.99. The normalized spacial score (nSPS) is 10.7. The Hall–Kier alpha value is -2.17. The highest BCUT2D eigenvalue weighted by molar-refractivity contribution is 5.84. The molecule has 0 saturated carbocycles. The number of amides is 1. The topological polar surface area (TPSA) is 74.3 Å². The molecule has 0 bridgehead atoms. The number of unbranched alkanes of at least 4 members (excludes halogenated alkanes) is 1. The van der Waals surface area contributed by atoms with Crippen LogP contribution in [0.3, 0.4) is 0 Å². The molecule has 2 aromatic rings. The van der Waals surface area contributed by atoms with Crippen LogP contribution < -0.4 is 5.32 Å². The van der Waals surface area contributed by atoms with Gasteiger partial charge in [-0.15, -0.1) is 0 Å². The van der Waals surface area contributed by atoms with Gasteiger partial charge in [0.15, 0.2) is 0 Å². The summed E-state index contributed by atoms with van der Waals surface area (Å²) in [6.07, 6.45) is 4.12. The number of benzene rings is 1. The van der Waals surface area contributed by atoms with E-state index in [-0.39, 0.29) is 11.8 Å². The molecule has 0 aliphatic carbocycles. The number of aromatic hydroxyl groups is 1. The molecule has 0 aliphatic rings. The number of hydrogen-bond acceptors (Lipinski definition) is 3. The molecule has 0 radical (unpaired) electrons. The van der Waals surface area contributed by atoms with Crippen molar-refractivity contribution >= 4 is 17.0 Å². The number of aromatic nitrogens is 1. The van der Waals surface area contributed by atoms with Gasteiger partial charge in [-0.05, 0) is 30.2 Å². The quantitative estimate of drug-likeness (QED) is 0.710. The third kappa shape index (κ3) is 3.66. The first-order valence-corrected chi connectivity index (χ1v) is 6.90. The molecule has 0 fully saturated rings. The minimum Gasteiger partial charge on any atom is -0.508 e. The summed E-state index contributed by atoms with van der Waals surface area (Å²) < 4.78 is 5.11. The molecular formula is C15H20N2O3. The molecule has 1 amide bonds. The number of phenolic OH excluding ortho intramolecular Hbond substituents is 1. The van der Waals surface area contributed by atoms with Gasteiger partial charge in [-0.1, -0.05) is 13.3 Å². The number of H-pyrrole nitrogens is 1. The highest BCUT2D eigenvalue weighted by Gasteiger charge is 2.06. The monoisotopic (exact) mass is 276 g/mol. The summed E-state index contributed by atoms with van der Waals surface area (Å²) in [5, 5.41) is 13.2. The maximum absolute atomic E-state index is 11.4. The van der Waals surface area contributed by atoms with Gasteiger partial charge in [0.25, 0.3) is 0 Å². The van der Waals surface area contributed by atoms with Crippen molar-refractivity contribution in [2.45, 2.75) is 26.2 Å². The van der Waals surface area contributed by atoms with Crippen LogP contribution in [0.15, 0.2) is 24.4 Å². The number of carbonyl (C=O) groups excluding carboxylic acids is 1. The fourth-order valence-electron chi connectivity index (χ4n) is 2.05. The van der Waals surface area contributed by atoms with Gasteiger partial charge >= 0.3 is 6.09 Å². The Balaban J connectivity index is 1.84. The van der Waals surface area contributed by atoms with Gasteiger partial charge in [0.1, 0.15) is 5.75 Å². The van der Waals surface area contributed by atoms with Crippen LogP contribution in [0.5, 0.6) is 5.75 Å². The number of fused-ring (bicyclic) bond motifs is 1. The molecule has 1 heterocycles. The van der Waals surface area contributed by atoms with Crippen molar-refractivity contribution in [1.29, 1.82) is 0 Å². The van der Waals surface area contributed by atoms with Gasteiger partial charge in [-0.25, -0.2) is 4.79 Å². The van der Waals surface area contributed by atoms with Crippen molar-refractivity contribution in [3.05, 3.63) is 30.0 Å². The average Bonchev–Trinajstić information content (AvgIpc) is 2.82. The van der Waals surface area contributed by atoms with E-state index in [0.717, 1.165) is 29.3 Å². The molecule has 0 spiro atoms. The Labute approximate surface area is 117 Å². The number of nitrogens with one attached hydrogen (secondary N) is 2. The maximum atomic E-state index is 11.4. The van der Waals surface area contributed by atoms with Crippen LogP contribution in [-0.4, -0.2) is 29.3 Å². The van der Waals surface area contributed by atoms with Crippen molar-refractivity contribution in [3.8, 4) is 5.75 Å². The number of carbonyl (C=O) groups is 1. The average molecular weight is 276 g/mol. The van der Waals surface area contributed by atoms with E-state index in [1.54, 1.807) is 12.1 Å². The molecule has 0 unspecified atom stereocenters. The molecule has 20 heavy (non-hydrogen) atoms. The van der Waals surface area contributed by atoms with Gasteiger partial charge in [-0.3, -0.25) is 0 Å². The number of alkyl carbamates (subject to hydrolysis) is 1. The van der Waals surface area contributed by atoms with E-state index in [0.29, 0.717) is 19.6 Å². The largest absolute Gasteiger partial charge is 0.508 e. The number of rotatable bonds is 6. The number of aromatic amines is 1. The first-order chi connectivity index (χ1) is 9.70. The molecule has 3 N–H and O–H groups in total. The summed E-state index contributed by atoms with van der Waals surface area (Å²) in [6.45, 7) is 3.04. The van der Waals surface area contributed by atoms with E-state index in [2.05, 4.69) is 17.2 Å². The lowest BCUT2D eigenvalue weighted by Crippen LogP contribution is -2.25. The van der Waals surface area contributed by atoms with E-state index in [1.807, 2.05) is 12.3 Å². The van der Waals surface area contributed by atoms with Crippen LogP contribution in [0.1, 0.15) is 25.3 Å². The first-order valence-electron chi connectivity index (χ1n) is 6.90. The van der Waals surface area contributed by atoms with Crippen LogP contribution in [0.25, 0.3) is 10.9 Å². The Morgan fingerprint density at radius 1 is 1.45 bits per heavy atom. The third-order valence-electron chi connectivity index (χ3n) is 3.16. The Morgan fingerprint density at radius 3 is 3.10 bits per heavy atom. The predicted octanol–water partition coefficient (Wildman–Crippen LogP) is 2.94. The Bertz CT molecular complexity index is 578. The molecule has 0 aliphatic heterocycles. The zero-order valence-corrected chi connectivity index (χ0v) is 11.6. The molecule has 108 valence electrons. The van der Waals surface area contributed by atoms with Crippen LogP contribution in [0.2, 0.25) is 0 Å². The third-order valence-corrected chi connectivity index (χ3v) is 3.16. The van der Waals surface area contributed by atoms with Crippen molar-refractivity contribution in [2.75, 3.05) is 13.2 Å². The SMILES string of the molecule is CCCCNC(=O)OCCc1c[nH]c2ccc(O)cc12. The maximum Gasteiger partial charge on any atom is 0.407 e. The van der Waals surface area contributed by atoms with Crippen LogP contribution in [0.4, 0.5) is 4.79 Å². The van der Waals surface area contributed by atoms with Gasteiger partial charge in [0, 0.05) is 30.1 Å². The fourth-order valence-corrected chi connectivity index (χ4v) is 2.05. The highest BCUT2D eigenvalue weighted by Crippen LogP contribution is 2.23. The number of phenols is 1. The summed E-state index contributed by atoms with van der Waals surface area (Å²) in [4.78, 5) is 14.5. The molecule has 5 nitrogen and oxygen atoms in total. The standard InChI is InChI=1S/C15H20N2O3/c1-2-3-7-16-15(19)20-8-6-11-10-17-14-5-4-12(18)9-13(11)14/h4-5,9-10,17-18H,2-3,6-8H2,1H3,(H,16,19). The second-order valence-corrected chi connectivity index (χ2v) is 4.71. The molecule has 2 rings (SSSR count). The lowest BCUT2D eigenvalue weighted by molar-refractivity contribution is 0.147. The van der Waals surface area contributed by atoms with Crippen molar-refractivity contribution in [1.82, 2.24) is 10.3 Å². The highest BCUT2D eigenvalue weighted by atomic mass is 16.5. The van der Waals surface area contributed by atoms with E-state index >= 15 is 0 Å². The molecule has 5 heteroatoms. The zero-order chi connectivity index (χ0) is 14.4. The second-order valence-electron chi connectivity index (χ2n) is 4.71. The Morgan fingerprint density at radius 2 is 2.30 bits per heavy atom. The van der Waals surface area contributed by atoms with Gasteiger partial charge in [0.05, 0.1) is 6.61 Å². The molecule has 1 aromatic heterocycles. The number of ether oxygens (including phenoxy) is 1. The predicted molar refractivity (Wildman–Crippen MR) is 77.9 cm³/mol. The van der Waals surface area contributed by atoms with Crippen molar-refractivity contribution < 1.29 is 14.6 Å². The minimum atomic E-state index is -0.374. The summed E-state index contributed by atoms with van der Waals surface area (Å²) >= 11 is 0. The Kier molecular flexibility index (Phi) is 4.87. The zero-order valence-electron chi connectivity index (χ0n) is 11.6. The first kappa shape index (κ1) is 14.2. The summed E-state index contributed by atoms with van der Waals surface area (Å²) in [5.74, 6) is 0.233. The molecular weight excluding hydrogens is 256 g/mol. The van der Waals surface area contributed by atoms with Gasteiger partial charge in [-0.2, -0.15) is 0 Å². The van der Waals surface area contributed by atoms with Gasteiger partial charge < -0.3 is 20.1 Å². The van der Waals surface area contributed by atoms with E-state index in [1.165, 1.54) is 0 Å². The molecule has 0 atom stereocenters. The van der Waals surface area contributed by atoms with Crippen LogP contribution >= 0.6 is 0 Å². The van der Waals surface area contributed by atoms with E-state index in [9.17, 15) is 9.90 Å².